The van der Waals surface area contributed by atoms with Crippen molar-refractivity contribution in [2.75, 3.05) is 33.4 Å². The van der Waals surface area contributed by atoms with Gasteiger partial charge in [0, 0.05) is 44.9 Å². The molecule has 1 amide bonds. The van der Waals surface area contributed by atoms with Crippen LogP contribution in [0.25, 0.3) is 0 Å². The summed E-state index contributed by atoms with van der Waals surface area (Å²) in [5.41, 5.74) is 0. The number of carbonyl (C=O) groups excluding carboxylic acids is 1. The summed E-state index contributed by atoms with van der Waals surface area (Å²) in [6, 6.07) is 1.18. The van der Waals surface area contributed by atoms with Crippen molar-refractivity contribution in [2.24, 2.45) is 11.8 Å². The molecule has 5 nitrogen and oxygen atoms in total. The van der Waals surface area contributed by atoms with E-state index in [0.717, 1.165) is 45.6 Å². The number of likely N-dealkylation sites (tertiary alicyclic amines) is 1. The van der Waals surface area contributed by atoms with Crippen LogP contribution in [0.15, 0.2) is 0 Å². The summed E-state index contributed by atoms with van der Waals surface area (Å²) in [7, 11) is 1.99. The number of fused-ring (bicyclic) bond motifs is 1. The standard InChI is InChI=1S/C20H34N2O3/c1-3-8-22-14-15(12-19(23)21(2)17-4-5-17)11-16-13-20(7-6-18(16)22)24-9-10-25-20/h15-18H,3-14H2,1-2H3/t15-,16-,18-/m1/s1. The van der Waals surface area contributed by atoms with E-state index in [9.17, 15) is 4.79 Å². The lowest BCUT2D eigenvalue weighted by Gasteiger charge is -2.51. The van der Waals surface area contributed by atoms with E-state index >= 15 is 0 Å². The number of carbonyl (C=O) groups is 1. The van der Waals surface area contributed by atoms with E-state index in [0.29, 0.717) is 36.2 Å². The van der Waals surface area contributed by atoms with Gasteiger partial charge in [0.15, 0.2) is 5.79 Å². The molecule has 2 aliphatic carbocycles. The van der Waals surface area contributed by atoms with Crippen molar-refractivity contribution in [2.45, 2.75) is 76.2 Å². The smallest absolute Gasteiger partial charge is 0.222 e. The molecule has 0 radical (unpaired) electrons. The maximum Gasteiger partial charge on any atom is 0.222 e. The lowest BCUT2D eigenvalue weighted by atomic mass is 9.72. The van der Waals surface area contributed by atoms with E-state index in [2.05, 4.69) is 11.8 Å². The molecule has 25 heavy (non-hydrogen) atoms. The third kappa shape index (κ3) is 3.74. The third-order valence-electron chi connectivity index (χ3n) is 6.81. The maximum atomic E-state index is 12.6. The summed E-state index contributed by atoms with van der Waals surface area (Å²) in [6.07, 6.45) is 8.66. The third-order valence-corrected chi connectivity index (χ3v) is 6.81. The highest BCUT2D eigenvalue weighted by molar-refractivity contribution is 5.76. The van der Waals surface area contributed by atoms with Crippen LogP contribution in [0.3, 0.4) is 0 Å². The Kier molecular flexibility index (Phi) is 5.09. The summed E-state index contributed by atoms with van der Waals surface area (Å²) in [4.78, 5) is 17.3. The van der Waals surface area contributed by atoms with Gasteiger partial charge in [0.25, 0.3) is 0 Å². The van der Waals surface area contributed by atoms with Gasteiger partial charge in [-0.2, -0.15) is 0 Å². The lowest BCUT2D eigenvalue weighted by molar-refractivity contribution is -0.203. The first-order valence-corrected chi connectivity index (χ1v) is 10.4. The van der Waals surface area contributed by atoms with Gasteiger partial charge in [-0.05, 0) is 50.5 Å². The topological polar surface area (TPSA) is 42.0 Å². The molecule has 0 unspecified atom stereocenters. The molecule has 1 spiro atoms. The Hall–Kier alpha value is -0.650. The summed E-state index contributed by atoms with van der Waals surface area (Å²) in [6.45, 7) is 5.99. The summed E-state index contributed by atoms with van der Waals surface area (Å²) >= 11 is 0. The SMILES string of the molecule is CCCN1C[C@@H](CC(=O)N(C)C2CC2)C[C@@H]2CC3(CC[C@H]21)OCCO3. The van der Waals surface area contributed by atoms with Gasteiger partial charge >= 0.3 is 0 Å². The fraction of sp³-hybridized carbons (Fsp3) is 0.950. The Morgan fingerprint density at radius 2 is 2.00 bits per heavy atom. The van der Waals surface area contributed by atoms with E-state index in [1.807, 2.05) is 11.9 Å². The van der Waals surface area contributed by atoms with Crippen LogP contribution in [-0.4, -0.2) is 66.9 Å². The van der Waals surface area contributed by atoms with Gasteiger partial charge in [-0.1, -0.05) is 6.92 Å². The Bertz CT molecular complexity index is 487. The highest BCUT2D eigenvalue weighted by Gasteiger charge is 2.49. The van der Waals surface area contributed by atoms with Crippen molar-refractivity contribution in [1.82, 2.24) is 9.80 Å². The highest BCUT2D eigenvalue weighted by atomic mass is 16.7. The van der Waals surface area contributed by atoms with Crippen molar-refractivity contribution in [3.05, 3.63) is 0 Å². The molecule has 3 atom stereocenters. The first-order valence-electron chi connectivity index (χ1n) is 10.4. The average Bonchev–Trinajstić information content (AvgIpc) is 3.35. The van der Waals surface area contributed by atoms with E-state index in [1.54, 1.807) is 0 Å². The van der Waals surface area contributed by atoms with Crippen LogP contribution in [0.4, 0.5) is 0 Å². The Morgan fingerprint density at radius 3 is 2.68 bits per heavy atom. The summed E-state index contributed by atoms with van der Waals surface area (Å²) in [5.74, 6) is 1.13. The molecule has 4 rings (SSSR count). The van der Waals surface area contributed by atoms with E-state index in [1.165, 1.54) is 25.7 Å². The molecule has 4 aliphatic rings. The van der Waals surface area contributed by atoms with E-state index in [-0.39, 0.29) is 5.79 Å². The van der Waals surface area contributed by atoms with Gasteiger partial charge in [-0.15, -0.1) is 0 Å². The van der Waals surface area contributed by atoms with E-state index < -0.39 is 0 Å². The molecule has 0 aromatic rings. The molecule has 0 aromatic carbocycles. The molecule has 0 aromatic heterocycles. The number of amides is 1. The molecular formula is C20H34N2O3. The summed E-state index contributed by atoms with van der Waals surface area (Å²) in [5, 5.41) is 0. The lowest BCUT2D eigenvalue weighted by Crippen LogP contribution is -2.55. The molecule has 142 valence electrons. The minimum Gasteiger partial charge on any atom is -0.348 e. The molecule has 2 saturated heterocycles. The number of piperidine rings is 1. The van der Waals surface area contributed by atoms with Gasteiger partial charge in [-0.25, -0.2) is 0 Å². The number of nitrogens with zero attached hydrogens (tertiary/aromatic N) is 2. The second-order valence-electron chi connectivity index (χ2n) is 8.71. The second kappa shape index (κ2) is 7.16. The average molecular weight is 351 g/mol. The molecule has 4 fully saturated rings. The number of hydrogen-bond donors (Lipinski definition) is 0. The van der Waals surface area contributed by atoms with Crippen LogP contribution < -0.4 is 0 Å². The number of rotatable bonds is 5. The molecule has 2 saturated carbocycles. The predicted molar refractivity (Wildman–Crippen MR) is 96.1 cm³/mol. The van der Waals surface area contributed by atoms with Crippen molar-refractivity contribution in [1.29, 1.82) is 0 Å². The molecule has 2 aliphatic heterocycles. The quantitative estimate of drug-likeness (QED) is 0.764. The Labute approximate surface area is 152 Å². The van der Waals surface area contributed by atoms with Crippen LogP contribution in [-0.2, 0) is 14.3 Å². The van der Waals surface area contributed by atoms with Crippen molar-refractivity contribution < 1.29 is 14.3 Å². The second-order valence-corrected chi connectivity index (χ2v) is 8.71. The van der Waals surface area contributed by atoms with Gasteiger partial charge in [0.1, 0.15) is 0 Å². The minimum atomic E-state index is -0.310. The van der Waals surface area contributed by atoms with Crippen LogP contribution in [0.1, 0.15) is 58.3 Å². The molecule has 2 heterocycles. The fourth-order valence-electron chi connectivity index (χ4n) is 5.44. The Morgan fingerprint density at radius 1 is 1.24 bits per heavy atom. The monoisotopic (exact) mass is 350 g/mol. The number of ether oxygens (including phenoxy) is 2. The predicted octanol–water partition coefficient (Wildman–Crippen LogP) is 2.64. The van der Waals surface area contributed by atoms with Crippen molar-refractivity contribution in [3.8, 4) is 0 Å². The van der Waals surface area contributed by atoms with Crippen LogP contribution in [0, 0.1) is 11.8 Å². The van der Waals surface area contributed by atoms with Crippen molar-refractivity contribution in [3.63, 3.8) is 0 Å². The molecule has 5 heteroatoms. The minimum absolute atomic E-state index is 0.310. The zero-order chi connectivity index (χ0) is 17.4. The van der Waals surface area contributed by atoms with Crippen LogP contribution >= 0.6 is 0 Å². The van der Waals surface area contributed by atoms with Gasteiger partial charge in [0.2, 0.25) is 5.91 Å². The maximum absolute atomic E-state index is 12.6. The molecule has 0 bridgehead atoms. The van der Waals surface area contributed by atoms with Crippen molar-refractivity contribution >= 4 is 5.91 Å². The molecule has 0 N–H and O–H groups in total. The van der Waals surface area contributed by atoms with E-state index in [4.69, 9.17) is 9.47 Å². The fourth-order valence-corrected chi connectivity index (χ4v) is 5.44. The first kappa shape index (κ1) is 17.7. The largest absolute Gasteiger partial charge is 0.348 e. The van der Waals surface area contributed by atoms with Crippen LogP contribution in [0.2, 0.25) is 0 Å². The first-order chi connectivity index (χ1) is 12.1. The zero-order valence-corrected chi connectivity index (χ0v) is 15.9. The zero-order valence-electron chi connectivity index (χ0n) is 15.9. The molecular weight excluding hydrogens is 316 g/mol. The summed E-state index contributed by atoms with van der Waals surface area (Å²) < 4.78 is 12.0. The Balaban J connectivity index is 1.42. The van der Waals surface area contributed by atoms with Gasteiger partial charge in [-0.3, -0.25) is 9.69 Å². The number of hydrogen-bond acceptors (Lipinski definition) is 4. The normalized spacial score (nSPS) is 34.9. The highest BCUT2D eigenvalue weighted by Crippen LogP contribution is 2.45. The van der Waals surface area contributed by atoms with Gasteiger partial charge < -0.3 is 14.4 Å². The van der Waals surface area contributed by atoms with Crippen LogP contribution in [0.5, 0.6) is 0 Å². The van der Waals surface area contributed by atoms with Gasteiger partial charge in [0.05, 0.1) is 13.2 Å².